The van der Waals surface area contributed by atoms with Gasteiger partial charge in [0.1, 0.15) is 12.0 Å². The van der Waals surface area contributed by atoms with Crippen molar-refractivity contribution >= 4 is 42.0 Å². The summed E-state index contributed by atoms with van der Waals surface area (Å²) in [7, 11) is 1.59. The monoisotopic (exact) mass is 222 g/mol. The Morgan fingerprint density at radius 2 is 1.67 bits per heavy atom. The molecule has 0 fully saturated rings. The zero-order chi connectivity index (χ0) is 11.0. The number of methoxy groups -OCH3 is 1. The fourth-order valence-electron chi connectivity index (χ4n) is 0.682. The molecule has 0 aliphatic heterocycles. The molecule has 0 spiro atoms. The number of hydrogen-bond donors (Lipinski definition) is 2. The molecule has 0 bridgehead atoms. The maximum absolute atomic E-state index is 10.2. The van der Waals surface area contributed by atoms with Crippen molar-refractivity contribution in [2.24, 2.45) is 0 Å². The molecule has 1 aromatic carbocycles. The molecular weight excluding hydrogens is 211 g/mol. The standard InChI is InChI=1S/C8H8O2.CH2O3.Na.H/c1-10-8-4-2-7(6-9)3-5-8;2-1(3)4;;/h2-6H,1H3;(H2,2,3,4);;. The summed E-state index contributed by atoms with van der Waals surface area (Å²) in [6, 6.07) is 6.94. The number of carboxylic acid groups (broad SMARTS) is 2. The number of aldehydes is 1. The van der Waals surface area contributed by atoms with E-state index >= 15 is 0 Å². The molecule has 2 N–H and O–H groups in total. The zero-order valence-electron chi connectivity index (χ0n) is 7.51. The normalized spacial score (nSPS) is 7.53. The quantitative estimate of drug-likeness (QED) is 0.577. The molecule has 0 amide bonds. The summed E-state index contributed by atoms with van der Waals surface area (Å²) in [6.07, 6.45) is -1.03. The van der Waals surface area contributed by atoms with E-state index in [1.54, 1.807) is 31.4 Å². The molecule has 1 rings (SSSR count). The molecule has 15 heavy (non-hydrogen) atoms. The van der Waals surface area contributed by atoms with Crippen molar-refractivity contribution in [2.45, 2.75) is 0 Å². The average molecular weight is 222 g/mol. The third kappa shape index (κ3) is 9.27. The van der Waals surface area contributed by atoms with Crippen molar-refractivity contribution in [3.63, 3.8) is 0 Å². The van der Waals surface area contributed by atoms with E-state index in [2.05, 4.69) is 0 Å². The predicted octanol–water partition coefficient (Wildman–Crippen LogP) is 1.08. The van der Waals surface area contributed by atoms with Crippen LogP contribution < -0.4 is 4.74 Å². The van der Waals surface area contributed by atoms with Crippen LogP contribution in [0.1, 0.15) is 10.4 Å². The van der Waals surface area contributed by atoms with Crippen LogP contribution in [0.4, 0.5) is 4.79 Å². The van der Waals surface area contributed by atoms with E-state index < -0.39 is 6.16 Å². The Kier molecular flexibility index (Phi) is 10.4. The van der Waals surface area contributed by atoms with E-state index in [0.29, 0.717) is 5.56 Å². The summed E-state index contributed by atoms with van der Waals surface area (Å²) in [6.45, 7) is 0. The van der Waals surface area contributed by atoms with Crippen LogP contribution in [0, 0.1) is 0 Å². The molecule has 78 valence electrons. The first-order valence-electron chi connectivity index (χ1n) is 3.61. The molecular formula is C9H11NaO5. The molecule has 0 saturated heterocycles. The SMILES string of the molecule is COc1ccc(C=O)cc1.O=C(O)O.[NaH]. The van der Waals surface area contributed by atoms with E-state index in [1.807, 2.05) is 0 Å². The van der Waals surface area contributed by atoms with Crippen molar-refractivity contribution in [1.82, 2.24) is 0 Å². The molecule has 0 aliphatic carbocycles. The summed E-state index contributed by atoms with van der Waals surface area (Å²) in [4.78, 5) is 18.7. The number of rotatable bonds is 2. The summed E-state index contributed by atoms with van der Waals surface area (Å²) >= 11 is 0. The Labute approximate surface area is 109 Å². The first-order chi connectivity index (χ1) is 6.60. The Balaban J connectivity index is 0. The van der Waals surface area contributed by atoms with Gasteiger partial charge in [0.05, 0.1) is 7.11 Å². The zero-order valence-corrected chi connectivity index (χ0v) is 7.51. The Morgan fingerprint density at radius 3 is 1.93 bits per heavy atom. The minimum absolute atomic E-state index is 0. The van der Waals surface area contributed by atoms with Crippen LogP contribution >= 0.6 is 0 Å². The van der Waals surface area contributed by atoms with Crippen LogP contribution in [-0.2, 0) is 0 Å². The van der Waals surface area contributed by atoms with Gasteiger partial charge in [-0.2, -0.15) is 0 Å². The van der Waals surface area contributed by atoms with Gasteiger partial charge >= 0.3 is 35.7 Å². The van der Waals surface area contributed by atoms with Gasteiger partial charge in [-0.05, 0) is 24.3 Å². The molecule has 1 aromatic rings. The van der Waals surface area contributed by atoms with Gasteiger partial charge in [-0.25, -0.2) is 4.79 Å². The van der Waals surface area contributed by atoms with Crippen LogP contribution in [0.15, 0.2) is 24.3 Å². The van der Waals surface area contributed by atoms with Crippen molar-refractivity contribution < 1.29 is 24.5 Å². The minimum atomic E-state index is -1.83. The van der Waals surface area contributed by atoms with Crippen molar-refractivity contribution in [1.29, 1.82) is 0 Å². The first-order valence-corrected chi connectivity index (χ1v) is 3.61. The van der Waals surface area contributed by atoms with Crippen molar-refractivity contribution in [2.75, 3.05) is 7.11 Å². The van der Waals surface area contributed by atoms with Gasteiger partial charge in [0.25, 0.3) is 0 Å². The summed E-state index contributed by atoms with van der Waals surface area (Å²) in [5.41, 5.74) is 0.667. The third-order valence-corrected chi connectivity index (χ3v) is 1.25. The fraction of sp³-hybridized carbons (Fsp3) is 0.111. The predicted molar refractivity (Wildman–Crippen MR) is 56.2 cm³/mol. The number of carbonyl (C=O) groups excluding carboxylic acids is 1. The summed E-state index contributed by atoms with van der Waals surface area (Å²) in [5, 5.41) is 13.9. The van der Waals surface area contributed by atoms with E-state index in [1.165, 1.54) is 0 Å². The number of carbonyl (C=O) groups is 2. The van der Waals surface area contributed by atoms with Crippen LogP contribution in [0.25, 0.3) is 0 Å². The van der Waals surface area contributed by atoms with E-state index in [-0.39, 0.29) is 29.6 Å². The second kappa shape index (κ2) is 9.51. The van der Waals surface area contributed by atoms with Gasteiger partial charge in [0.15, 0.2) is 0 Å². The van der Waals surface area contributed by atoms with Crippen molar-refractivity contribution in [3.05, 3.63) is 29.8 Å². The number of hydrogen-bond acceptors (Lipinski definition) is 3. The molecule has 6 heteroatoms. The fourth-order valence-corrected chi connectivity index (χ4v) is 0.682. The molecule has 0 radical (unpaired) electrons. The third-order valence-electron chi connectivity index (χ3n) is 1.25. The summed E-state index contributed by atoms with van der Waals surface area (Å²) in [5.74, 6) is 0.769. The van der Waals surface area contributed by atoms with Gasteiger partial charge in [0, 0.05) is 5.56 Å². The molecule has 0 aliphatic rings. The van der Waals surface area contributed by atoms with Gasteiger partial charge in [-0.1, -0.05) is 0 Å². The topological polar surface area (TPSA) is 83.8 Å². The van der Waals surface area contributed by atoms with Gasteiger partial charge in [-0.15, -0.1) is 0 Å². The van der Waals surface area contributed by atoms with E-state index in [4.69, 9.17) is 19.7 Å². The first kappa shape index (κ1) is 16.4. The van der Waals surface area contributed by atoms with Crippen LogP contribution in [0.3, 0.4) is 0 Å². The van der Waals surface area contributed by atoms with Crippen molar-refractivity contribution in [3.8, 4) is 5.75 Å². The molecule has 0 aromatic heterocycles. The Morgan fingerprint density at radius 1 is 1.27 bits per heavy atom. The van der Waals surface area contributed by atoms with Gasteiger partial charge in [-0.3, -0.25) is 4.79 Å². The second-order valence-electron chi connectivity index (χ2n) is 2.17. The Bertz CT molecular complexity index is 292. The molecule has 5 nitrogen and oxygen atoms in total. The molecule has 0 heterocycles. The number of benzene rings is 1. The number of ether oxygens (including phenoxy) is 1. The van der Waals surface area contributed by atoms with E-state index in [9.17, 15) is 4.79 Å². The Hall–Kier alpha value is -1.04. The van der Waals surface area contributed by atoms with Crippen LogP contribution in [0.2, 0.25) is 0 Å². The average Bonchev–Trinajstić information content (AvgIpc) is 2.17. The summed E-state index contributed by atoms with van der Waals surface area (Å²) < 4.78 is 4.90. The van der Waals surface area contributed by atoms with Crippen LogP contribution in [0.5, 0.6) is 5.75 Å². The molecule has 0 saturated carbocycles. The van der Waals surface area contributed by atoms with Gasteiger partial charge in [0.2, 0.25) is 0 Å². The molecule has 0 unspecified atom stereocenters. The maximum atomic E-state index is 10.2. The van der Waals surface area contributed by atoms with Crippen LogP contribution in [-0.4, -0.2) is 59.3 Å². The molecule has 0 atom stereocenters. The second-order valence-corrected chi connectivity index (χ2v) is 2.17. The van der Waals surface area contributed by atoms with Gasteiger partial charge < -0.3 is 14.9 Å². The van der Waals surface area contributed by atoms with E-state index in [0.717, 1.165) is 12.0 Å².